The monoisotopic (exact) mass is 504 g/mol. The van der Waals surface area contributed by atoms with Crippen LogP contribution in [0.25, 0.3) is 4.85 Å². The molecule has 3 rings (SSSR count). The Balaban J connectivity index is 1.98. The predicted octanol–water partition coefficient (Wildman–Crippen LogP) is 7.27. The van der Waals surface area contributed by atoms with Gasteiger partial charge in [-0.3, -0.25) is 9.88 Å². The lowest BCUT2D eigenvalue weighted by Crippen LogP contribution is -2.36. The summed E-state index contributed by atoms with van der Waals surface area (Å²) in [6.07, 6.45) is -2.34. The third-order valence-corrected chi connectivity index (χ3v) is 5.25. The van der Waals surface area contributed by atoms with E-state index in [1.165, 1.54) is 23.2 Å². The molecule has 0 saturated carbocycles. The van der Waals surface area contributed by atoms with Crippen LogP contribution in [0.1, 0.15) is 55.1 Å². The van der Waals surface area contributed by atoms with Gasteiger partial charge in [0.1, 0.15) is 18.0 Å². The fourth-order valence-corrected chi connectivity index (χ4v) is 3.48. The molecule has 9 heteroatoms. The van der Waals surface area contributed by atoms with Crippen molar-refractivity contribution in [1.82, 2.24) is 4.98 Å². The molecule has 1 aromatic heterocycles. The number of hydrogen-bond donors (Lipinski definition) is 0. The quantitative estimate of drug-likeness (QED) is 0.316. The van der Waals surface area contributed by atoms with Gasteiger partial charge in [0.15, 0.2) is 5.69 Å². The summed E-state index contributed by atoms with van der Waals surface area (Å²) >= 11 is 0. The van der Waals surface area contributed by atoms with Crippen LogP contribution in [-0.4, -0.2) is 16.7 Å². The van der Waals surface area contributed by atoms with Crippen molar-refractivity contribution in [2.45, 2.75) is 52.9 Å². The summed E-state index contributed by atoms with van der Waals surface area (Å²) in [7, 11) is 0. The van der Waals surface area contributed by atoms with Crippen molar-refractivity contribution in [3.05, 3.63) is 94.1 Å². The molecule has 0 atom stereocenters. The Hall–Kier alpha value is -4.50. The Morgan fingerprint density at radius 2 is 1.81 bits per heavy atom. The molecule has 0 aliphatic heterocycles. The average molecular weight is 505 g/mol. The lowest BCUT2D eigenvalue weighted by Gasteiger charge is -2.28. The van der Waals surface area contributed by atoms with E-state index in [-0.39, 0.29) is 35.7 Å². The number of alkyl halides is 2. The van der Waals surface area contributed by atoms with Crippen LogP contribution in [0.4, 0.5) is 25.0 Å². The van der Waals surface area contributed by atoms with Gasteiger partial charge in [-0.2, -0.15) is 5.26 Å². The third kappa shape index (κ3) is 7.02. The standard InChI is InChI=1S/C28H26F2N4O3/c1-18-25(36-17-20-6-10-22(32-5)11-7-20)24(26(29)30)21(15-33-18)16-34(27(35)37-28(2,3)4)23-12-8-19(14-31)9-13-23/h6-13,15,26H,16-17H2,1-4H3. The number of hydrogen-bond acceptors (Lipinski definition) is 5. The number of nitrogens with zero attached hydrogens (tertiary/aromatic N) is 4. The van der Waals surface area contributed by atoms with Crippen molar-refractivity contribution < 1.29 is 23.0 Å². The van der Waals surface area contributed by atoms with Crippen molar-refractivity contribution in [3.8, 4) is 11.8 Å². The highest BCUT2D eigenvalue weighted by atomic mass is 19.3. The Morgan fingerprint density at radius 1 is 1.16 bits per heavy atom. The number of aryl methyl sites for hydroxylation is 1. The van der Waals surface area contributed by atoms with Crippen molar-refractivity contribution in [2.24, 2.45) is 0 Å². The van der Waals surface area contributed by atoms with E-state index in [0.717, 1.165) is 0 Å². The topological polar surface area (TPSA) is 79.8 Å². The molecule has 7 nitrogen and oxygen atoms in total. The molecule has 37 heavy (non-hydrogen) atoms. The third-order valence-electron chi connectivity index (χ3n) is 5.25. The van der Waals surface area contributed by atoms with Gasteiger partial charge >= 0.3 is 6.09 Å². The summed E-state index contributed by atoms with van der Waals surface area (Å²) in [6, 6.07) is 14.8. The molecule has 0 radical (unpaired) electrons. The Morgan fingerprint density at radius 3 is 2.35 bits per heavy atom. The van der Waals surface area contributed by atoms with Gasteiger partial charge in [-0.15, -0.1) is 0 Å². The van der Waals surface area contributed by atoms with E-state index in [2.05, 4.69) is 9.83 Å². The number of amides is 1. The average Bonchev–Trinajstić information content (AvgIpc) is 2.86. The number of benzene rings is 2. The van der Waals surface area contributed by atoms with E-state index in [0.29, 0.717) is 22.5 Å². The molecule has 2 aromatic carbocycles. The van der Waals surface area contributed by atoms with Crippen LogP contribution in [0.5, 0.6) is 5.75 Å². The normalized spacial score (nSPS) is 10.9. The molecule has 1 amide bonds. The van der Waals surface area contributed by atoms with E-state index in [1.54, 1.807) is 64.1 Å². The number of halogens is 2. The first-order valence-electron chi connectivity index (χ1n) is 11.4. The number of nitriles is 1. The van der Waals surface area contributed by atoms with Crippen molar-refractivity contribution in [2.75, 3.05) is 4.90 Å². The second-order valence-corrected chi connectivity index (χ2v) is 9.20. The van der Waals surface area contributed by atoms with E-state index >= 15 is 0 Å². The molecule has 0 aliphatic carbocycles. The summed E-state index contributed by atoms with van der Waals surface area (Å²) in [5, 5.41) is 9.10. The van der Waals surface area contributed by atoms with Crippen LogP contribution in [0, 0.1) is 24.8 Å². The van der Waals surface area contributed by atoms with E-state index in [1.807, 2.05) is 6.07 Å². The van der Waals surface area contributed by atoms with E-state index < -0.39 is 18.1 Å². The van der Waals surface area contributed by atoms with Crippen molar-refractivity contribution >= 4 is 17.5 Å². The summed E-state index contributed by atoms with van der Waals surface area (Å²) in [5.74, 6) is -0.0641. The number of rotatable bonds is 7. The molecule has 0 unspecified atom stereocenters. The number of anilines is 1. The molecule has 3 aromatic rings. The number of carbonyl (C=O) groups is 1. The van der Waals surface area contributed by atoms with Crippen molar-refractivity contribution in [1.29, 1.82) is 5.26 Å². The van der Waals surface area contributed by atoms with Crippen LogP contribution in [0.3, 0.4) is 0 Å². The van der Waals surface area contributed by atoms with Crippen molar-refractivity contribution in [3.63, 3.8) is 0 Å². The molecule has 0 aliphatic rings. The molecule has 0 bridgehead atoms. The van der Waals surface area contributed by atoms with Gasteiger partial charge in [-0.1, -0.05) is 24.3 Å². The van der Waals surface area contributed by atoms with Crippen LogP contribution < -0.4 is 9.64 Å². The molecule has 0 N–H and O–H groups in total. The summed E-state index contributed by atoms with van der Waals surface area (Å²) < 4.78 is 40.1. The molecular formula is C28H26F2N4O3. The fraction of sp³-hybridized carbons (Fsp3) is 0.286. The van der Waals surface area contributed by atoms with E-state index in [9.17, 15) is 13.6 Å². The second-order valence-electron chi connectivity index (χ2n) is 9.20. The minimum absolute atomic E-state index is 0.00459. The number of pyridine rings is 1. The Bertz CT molecular complexity index is 1340. The first-order valence-corrected chi connectivity index (χ1v) is 11.4. The van der Waals surface area contributed by atoms with Gasteiger partial charge < -0.3 is 9.47 Å². The Kier molecular flexibility index (Phi) is 8.41. The minimum atomic E-state index is -2.90. The molecule has 190 valence electrons. The van der Waals surface area contributed by atoms with Crippen LogP contribution in [0.2, 0.25) is 0 Å². The molecule has 0 spiro atoms. The SMILES string of the molecule is [C-]#[N+]c1ccc(COc2c(C)ncc(CN(C(=O)OC(C)(C)C)c3ccc(C#N)cc3)c2C(F)F)cc1. The second kappa shape index (κ2) is 11.5. The highest BCUT2D eigenvalue weighted by molar-refractivity contribution is 5.88. The molecule has 0 saturated heterocycles. The maximum absolute atomic E-state index is 14.4. The van der Waals surface area contributed by atoms with Crippen LogP contribution in [-0.2, 0) is 17.9 Å². The molecular weight excluding hydrogens is 478 g/mol. The zero-order valence-electron chi connectivity index (χ0n) is 21.0. The maximum Gasteiger partial charge on any atom is 0.415 e. The molecule has 1 heterocycles. The van der Waals surface area contributed by atoms with E-state index in [4.69, 9.17) is 21.3 Å². The summed E-state index contributed by atoms with van der Waals surface area (Å²) in [6.45, 7) is 13.5. The van der Waals surface area contributed by atoms with Gasteiger partial charge in [0.2, 0.25) is 0 Å². The number of ether oxygens (including phenoxy) is 2. The Labute approximate surface area is 214 Å². The minimum Gasteiger partial charge on any atom is -0.486 e. The van der Waals surface area contributed by atoms with Gasteiger partial charge in [0.25, 0.3) is 6.43 Å². The first kappa shape index (κ1) is 27.1. The first-order chi connectivity index (χ1) is 17.5. The maximum atomic E-state index is 14.4. The smallest absolute Gasteiger partial charge is 0.415 e. The zero-order valence-corrected chi connectivity index (χ0v) is 21.0. The fourth-order valence-electron chi connectivity index (χ4n) is 3.48. The highest BCUT2D eigenvalue weighted by Crippen LogP contribution is 2.36. The molecule has 0 fully saturated rings. The lowest BCUT2D eigenvalue weighted by atomic mass is 10.1. The zero-order chi connectivity index (χ0) is 27.2. The summed E-state index contributed by atoms with van der Waals surface area (Å²) in [5.41, 5.74) is 1.10. The summed E-state index contributed by atoms with van der Waals surface area (Å²) in [4.78, 5) is 21.9. The van der Waals surface area contributed by atoms with Crippen LogP contribution in [0.15, 0.2) is 54.7 Å². The number of carbonyl (C=O) groups excluding carboxylic acids is 1. The lowest BCUT2D eigenvalue weighted by molar-refractivity contribution is 0.0576. The van der Waals surface area contributed by atoms with Crippen LogP contribution >= 0.6 is 0 Å². The largest absolute Gasteiger partial charge is 0.486 e. The van der Waals surface area contributed by atoms with Gasteiger partial charge in [-0.25, -0.2) is 18.4 Å². The number of aromatic nitrogens is 1. The van der Waals surface area contributed by atoms with Gasteiger partial charge in [0.05, 0.1) is 36.0 Å². The highest BCUT2D eigenvalue weighted by Gasteiger charge is 2.28. The van der Waals surface area contributed by atoms with Gasteiger partial charge in [-0.05, 0) is 57.5 Å². The van der Waals surface area contributed by atoms with Gasteiger partial charge in [0, 0.05) is 17.4 Å². The predicted molar refractivity (Wildman–Crippen MR) is 135 cm³/mol.